The Kier molecular flexibility index (Phi) is 9.14. The van der Waals surface area contributed by atoms with E-state index in [1.807, 2.05) is 37.3 Å². The highest BCUT2D eigenvalue weighted by Crippen LogP contribution is 2.08. The summed E-state index contributed by atoms with van der Waals surface area (Å²) in [5.74, 6) is -1.95. The SMILES string of the molecule is CC[C@@H](C)[C@@H](NC(=O)C[C@@H](O)CNC(=O)OCc1ccccc1)C(=O)O. The summed E-state index contributed by atoms with van der Waals surface area (Å²) in [7, 11) is 0. The van der Waals surface area contributed by atoms with Crippen LogP contribution in [0.2, 0.25) is 0 Å². The monoisotopic (exact) mass is 366 g/mol. The number of benzene rings is 1. The molecule has 0 saturated heterocycles. The fraction of sp³-hybridized carbons (Fsp3) is 0.500. The number of aliphatic hydroxyl groups is 1. The smallest absolute Gasteiger partial charge is 0.407 e. The molecular weight excluding hydrogens is 340 g/mol. The Hall–Kier alpha value is -2.61. The lowest BCUT2D eigenvalue weighted by molar-refractivity contribution is -0.143. The molecule has 26 heavy (non-hydrogen) atoms. The van der Waals surface area contributed by atoms with E-state index in [1.54, 1.807) is 6.92 Å². The number of amides is 2. The summed E-state index contributed by atoms with van der Waals surface area (Å²) in [6.45, 7) is 3.47. The average molecular weight is 366 g/mol. The molecule has 1 aromatic carbocycles. The number of ether oxygens (including phenoxy) is 1. The van der Waals surface area contributed by atoms with Crippen molar-refractivity contribution in [1.29, 1.82) is 0 Å². The predicted octanol–water partition coefficient (Wildman–Crippen LogP) is 1.28. The Bertz CT molecular complexity index is 593. The number of hydrogen-bond donors (Lipinski definition) is 4. The van der Waals surface area contributed by atoms with Crippen LogP contribution < -0.4 is 10.6 Å². The predicted molar refractivity (Wildman–Crippen MR) is 94.3 cm³/mol. The van der Waals surface area contributed by atoms with Crippen LogP contribution in [0.25, 0.3) is 0 Å². The van der Waals surface area contributed by atoms with Gasteiger partial charge in [0, 0.05) is 6.54 Å². The van der Waals surface area contributed by atoms with E-state index < -0.39 is 30.1 Å². The van der Waals surface area contributed by atoms with Crippen molar-refractivity contribution in [1.82, 2.24) is 10.6 Å². The van der Waals surface area contributed by atoms with Gasteiger partial charge in [0.15, 0.2) is 0 Å². The number of carboxylic acid groups (broad SMARTS) is 1. The summed E-state index contributed by atoms with van der Waals surface area (Å²) < 4.78 is 4.99. The number of rotatable bonds is 10. The van der Waals surface area contributed by atoms with E-state index in [-0.39, 0.29) is 25.5 Å². The summed E-state index contributed by atoms with van der Waals surface area (Å²) in [5, 5.41) is 23.7. The quantitative estimate of drug-likeness (QED) is 0.494. The van der Waals surface area contributed by atoms with E-state index in [9.17, 15) is 19.5 Å². The van der Waals surface area contributed by atoms with Crippen molar-refractivity contribution in [2.24, 2.45) is 5.92 Å². The molecule has 1 rings (SSSR count). The van der Waals surface area contributed by atoms with Gasteiger partial charge in [0.2, 0.25) is 5.91 Å². The lowest BCUT2D eigenvalue weighted by atomic mass is 9.99. The van der Waals surface area contributed by atoms with Gasteiger partial charge in [-0.2, -0.15) is 0 Å². The maximum Gasteiger partial charge on any atom is 0.407 e. The van der Waals surface area contributed by atoms with Gasteiger partial charge >= 0.3 is 12.1 Å². The van der Waals surface area contributed by atoms with Gasteiger partial charge in [-0.1, -0.05) is 50.6 Å². The second-order valence-electron chi connectivity index (χ2n) is 6.07. The Morgan fingerprint density at radius 3 is 2.42 bits per heavy atom. The first-order valence-corrected chi connectivity index (χ1v) is 8.48. The molecule has 2 amide bonds. The minimum atomic E-state index is -1.15. The van der Waals surface area contributed by atoms with E-state index in [4.69, 9.17) is 9.84 Å². The van der Waals surface area contributed by atoms with E-state index in [2.05, 4.69) is 10.6 Å². The van der Waals surface area contributed by atoms with Crippen molar-refractivity contribution in [3.8, 4) is 0 Å². The van der Waals surface area contributed by atoms with Crippen LogP contribution in [0, 0.1) is 5.92 Å². The normalized spacial score (nSPS) is 14.0. The van der Waals surface area contributed by atoms with E-state index in [1.165, 1.54) is 0 Å². The van der Waals surface area contributed by atoms with Gasteiger partial charge < -0.3 is 25.6 Å². The van der Waals surface area contributed by atoms with Crippen LogP contribution in [-0.2, 0) is 20.9 Å². The fourth-order valence-electron chi connectivity index (χ4n) is 2.18. The Morgan fingerprint density at radius 1 is 1.19 bits per heavy atom. The van der Waals surface area contributed by atoms with Crippen molar-refractivity contribution >= 4 is 18.0 Å². The first-order chi connectivity index (χ1) is 12.3. The van der Waals surface area contributed by atoms with Gasteiger partial charge in [0.05, 0.1) is 12.5 Å². The van der Waals surface area contributed by atoms with Crippen LogP contribution in [0.1, 0.15) is 32.3 Å². The molecule has 3 atom stereocenters. The maximum atomic E-state index is 11.9. The highest BCUT2D eigenvalue weighted by molar-refractivity contribution is 5.84. The standard InChI is InChI=1S/C18H26N2O6/c1-3-12(2)16(17(23)24)20-15(22)9-14(21)10-19-18(25)26-11-13-7-5-4-6-8-13/h4-8,12,14,16,21H,3,9-11H2,1-2H3,(H,19,25)(H,20,22)(H,23,24)/t12-,14-,16-/m1/s1. The Labute approximate surface area is 152 Å². The molecule has 0 fully saturated rings. The van der Waals surface area contributed by atoms with Crippen molar-refractivity contribution in [3.05, 3.63) is 35.9 Å². The van der Waals surface area contributed by atoms with Crippen LogP contribution >= 0.6 is 0 Å². The second-order valence-corrected chi connectivity index (χ2v) is 6.07. The second kappa shape index (κ2) is 11.1. The van der Waals surface area contributed by atoms with Crippen LogP contribution in [0.4, 0.5) is 4.79 Å². The van der Waals surface area contributed by atoms with Gasteiger partial charge in [0.1, 0.15) is 12.6 Å². The summed E-state index contributed by atoms with van der Waals surface area (Å²) in [6.07, 6.45) is -1.59. The average Bonchev–Trinajstić information content (AvgIpc) is 2.62. The summed E-state index contributed by atoms with van der Waals surface area (Å²) in [5.41, 5.74) is 0.826. The van der Waals surface area contributed by atoms with Gasteiger partial charge in [-0.05, 0) is 11.5 Å². The summed E-state index contributed by atoms with van der Waals surface area (Å²) in [6, 6.07) is 8.10. The van der Waals surface area contributed by atoms with E-state index in [0.717, 1.165) is 5.56 Å². The third kappa shape index (κ3) is 7.98. The zero-order chi connectivity index (χ0) is 19.5. The van der Waals surface area contributed by atoms with Gasteiger partial charge in [-0.15, -0.1) is 0 Å². The number of carboxylic acids is 1. The third-order valence-electron chi connectivity index (χ3n) is 3.91. The molecule has 144 valence electrons. The van der Waals surface area contributed by atoms with Crippen LogP contribution in [0.15, 0.2) is 30.3 Å². The zero-order valence-corrected chi connectivity index (χ0v) is 15.0. The molecule has 0 spiro atoms. The first kappa shape index (κ1) is 21.4. The van der Waals surface area contributed by atoms with E-state index >= 15 is 0 Å². The van der Waals surface area contributed by atoms with Crippen molar-refractivity contribution in [3.63, 3.8) is 0 Å². The molecule has 0 aliphatic rings. The lowest BCUT2D eigenvalue weighted by Gasteiger charge is -2.21. The van der Waals surface area contributed by atoms with Crippen LogP contribution in [0.3, 0.4) is 0 Å². The van der Waals surface area contributed by atoms with Crippen LogP contribution in [-0.4, -0.2) is 46.9 Å². The van der Waals surface area contributed by atoms with Gasteiger partial charge in [0.25, 0.3) is 0 Å². The number of hydrogen-bond acceptors (Lipinski definition) is 5. The fourth-order valence-corrected chi connectivity index (χ4v) is 2.18. The molecule has 8 nitrogen and oxygen atoms in total. The highest BCUT2D eigenvalue weighted by Gasteiger charge is 2.26. The molecule has 0 radical (unpaired) electrons. The molecule has 4 N–H and O–H groups in total. The number of carbonyl (C=O) groups excluding carboxylic acids is 2. The van der Waals surface area contributed by atoms with Crippen LogP contribution in [0.5, 0.6) is 0 Å². The zero-order valence-electron chi connectivity index (χ0n) is 15.0. The largest absolute Gasteiger partial charge is 0.480 e. The Morgan fingerprint density at radius 2 is 1.85 bits per heavy atom. The molecule has 0 aliphatic heterocycles. The van der Waals surface area contributed by atoms with E-state index in [0.29, 0.717) is 6.42 Å². The molecule has 1 aromatic rings. The first-order valence-electron chi connectivity index (χ1n) is 8.48. The molecule has 0 aliphatic carbocycles. The number of aliphatic carboxylic acids is 1. The van der Waals surface area contributed by atoms with Crippen molar-refractivity contribution < 1.29 is 29.3 Å². The summed E-state index contributed by atoms with van der Waals surface area (Å²) in [4.78, 5) is 34.6. The lowest BCUT2D eigenvalue weighted by Crippen LogP contribution is -2.46. The molecule has 8 heteroatoms. The number of nitrogens with one attached hydrogen (secondary N) is 2. The molecule has 0 saturated carbocycles. The number of alkyl carbamates (subject to hydrolysis) is 1. The minimum Gasteiger partial charge on any atom is -0.480 e. The number of aliphatic hydroxyl groups excluding tert-OH is 1. The molecule has 0 bridgehead atoms. The highest BCUT2D eigenvalue weighted by atomic mass is 16.5. The topological polar surface area (TPSA) is 125 Å². The van der Waals surface area contributed by atoms with Gasteiger partial charge in [-0.25, -0.2) is 9.59 Å². The van der Waals surface area contributed by atoms with Crippen molar-refractivity contribution in [2.45, 2.75) is 45.4 Å². The van der Waals surface area contributed by atoms with Crippen molar-refractivity contribution in [2.75, 3.05) is 6.54 Å². The molecule has 0 aromatic heterocycles. The Balaban J connectivity index is 2.31. The minimum absolute atomic E-state index is 0.0957. The molecule has 0 unspecified atom stereocenters. The number of carbonyl (C=O) groups is 3. The molecular formula is C18H26N2O6. The summed E-state index contributed by atoms with van der Waals surface area (Å²) >= 11 is 0. The van der Waals surface area contributed by atoms with Gasteiger partial charge in [-0.3, -0.25) is 4.79 Å². The maximum absolute atomic E-state index is 11.9. The third-order valence-corrected chi connectivity index (χ3v) is 3.91. The molecule has 0 heterocycles.